The number of piperazine rings is 1. The highest BCUT2D eigenvalue weighted by atomic mass is 16.5. The van der Waals surface area contributed by atoms with Gasteiger partial charge in [0.2, 0.25) is 0 Å². The number of carbonyl (C=O) groups excluding carboxylic acids is 1. The van der Waals surface area contributed by atoms with Crippen LogP contribution in [0.4, 0.5) is 5.69 Å². The Labute approximate surface area is 143 Å². The van der Waals surface area contributed by atoms with E-state index in [0.29, 0.717) is 24.4 Å². The average molecular weight is 324 g/mol. The fourth-order valence-electron chi connectivity index (χ4n) is 3.59. The zero-order valence-electron chi connectivity index (χ0n) is 14.5. The average Bonchev–Trinajstić information content (AvgIpc) is 2.61. The number of carbonyl (C=O) groups is 1. The van der Waals surface area contributed by atoms with E-state index in [-0.39, 0.29) is 18.0 Å². The van der Waals surface area contributed by atoms with Gasteiger partial charge in [0.25, 0.3) is 5.91 Å². The Balaban J connectivity index is 1.80. The van der Waals surface area contributed by atoms with Crippen molar-refractivity contribution in [3.63, 3.8) is 0 Å². The number of ether oxygens (including phenoxy) is 1. The normalized spacial score (nSPS) is 20.8. The number of nitrogens with zero attached hydrogens (tertiary/aromatic N) is 2. The minimum absolute atomic E-state index is 0.0406. The van der Waals surface area contributed by atoms with Gasteiger partial charge in [0.15, 0.2) is 0 Å². The molecule has 3 rings (SSSR count). The first kappa shape index (κ1) is 16.4. The van der Waals surface area contributed by atoms with Gasteiger partial charge in [-0.2, -0.15) is 0 Å². The number of rotatable bonds is 3. The smallest absolute Gasteiger partial charge is 0.257 e. The molecule has 0 aliphatic carbocycles. The lowest BCUT2D eigenvalue weighted by molar-refractivity contribution is 0.0697. The van der Waals surface area contributed by atoms with Crippen molar-refractivity contribution in [2.45, 2.75) is 25.9 Å². The predicted octanol–water partition coefficient (Wildman–Crippen LogP) is 3.43. The van der Waals surface area contributed by atoms with E-state index in [0.717, 1.165) is 0 Å². The van der Waals surface area contributed by atoms with E-state index in [4.69, 9.17) is 4.74 Å². The van der Waals surface area contributed by atoms with Crippen LogP contribution >= 0.6 is 0 Å². The fraction of sp³-hybridized carbons (Fsp3) is 0.350. The van der Waals surface area contributed by atoms with Crippen LogP contribution in [0.5, 0.6) is 5.75 Å². The molecule has 0 aromatic heterocycles. The number of hydrogen-bond donors (Lipinski definition) is 0. The first-order valence-electron chi connectivity index (χ1n) is 8.37. The Hall–Kier alpha value is -2.49. The zero-order chi connectivity index (χ0) is 17.1. The Kier molecular flexibility index (Phi) is 4.74. The molecule has 0 radical (unpaired) electrons. The van der Waals surface area contributed by atoms with Crippen LogP contribution in [0, 0.1) is 0 Å². The molecule has 0 bridgehead atoms. The van der Waals surface area contributed by atoms with Gasteiger partial charge >= 0.3 is 0 Å². The molecule has 4 heteroatoms. The molecule has 1 saturated heterocycles. The highest BCUT2D eigenvalue weighted by molar-refractivity contribution is 5.97. The molecule has 2 unspecified atom stereocenters. The van der Waals surface area contributed by atoms with Gasteiger partial charge in [-0.05, 0) is 38.1 Å². The van der Waals surface area contributed by atoms with Gasteiger partial charge in [-0.25, -0.2) is 0 Å². The van der Waals surface area contributed by atoms with Crippen LogP contribution in [0.3, 0.4) is 0 Å². The number of amides is 1. The summed E-state index contributed by atoms with van der Waals surface area (Å²) in [6.07, 6.45) is 0. The molecular formula is C20H24N2O2. The van der Waals surface area contributed by atoms with Gasteiger partial charge < -0.3 is 14.5 Å². The molecule has 0 spiro atoms. The highest BCUT2D eigenvalue weighted by Gasteiger charge is 2.32. The van der Waals surface area contributed by atoms with Crippen LogP contribution in [-0.4, -0.2) is 43.1 Å². The topological polar surface area (TPSA) is 32.8 Å². The third-order valence-electron chi connectivity index (χ3n) is 4.60. The molecule has 2 atom stereocenters. The van der Waals surface area contributed by atoms with Crippen LogP contribution in [0.1, 0.15) is 24.2 Å². The summed E-state index contributed by atoms with van der Waals surface area (Å²) in [5, 5.41) is 0. The van der Waals surface area contributed by atoms with Crippen molar-refractivity contribution in [1.29, 1.82) is 0 Å². The summed E-state index contributed by atoms with van der Waals surface area (Å²) in [6.45, 7) is 5.75. The lowest BCUT2D eigenvalue weighted by Gasteiger charge is -2.46. The number of methoxy groups -OCH3 is 1. The minimum Gasteiger partial charge on any atom is -0.496 e. The third kappa shape index (κ3) is 3.09. The summed E-state index contributed by atoms with van der Waals surface area (Å²) in [7, 11) is 1.60. The second kappa shape index (κ2) is 6.95. The first-order valence-corrected chi connectivity index (χ1v) is 8.37. The molecule has 4 nitrogen and oxygen atoms in total. The van der Waals surface area contributed by atoms with E-state index in [1.54, 1.807) is 7.11 Å². The molecule has 126 valence electrons. The largest absolute Gasteiger partial charge is 0.496 e. The van der Waals surface area contributed by atoms with Gasteiger partial charge in [0, 0.05) is 30.9 Å². The Morgan fingerprint density at radius 1 is 0.958 bits per heavy atom. The second-order valence-corrected chi connectivity index (χ2v) is 6.35. The van der Waals surface area contributed by atoms with E-state index in [1.165, 1.54) is 5.69 Å². The summed E-state index contributed by atoms with van der Waals surface area (Å²) < 4.78 is 5.34. The van der Waals surface area contributed by atoms with Crippen molar-refractivity contribution in [3.05, 3.63) is 60.2 Å². The van der Waals surface area contributed by atoms with Crippen molar-refractivity contribution in [3.8, 4) is 5.75 Å². The number of anilines is 1. The Morgan fingerprint density at radius 3 is 2.17 bits per heavy atom. The molecule has 1 aliphatic heterocycles. The molecule has 24 heavy (non-hydrogen) atoms. The quantitative estimate of drug-likeness (QED) is 0.867. The lowest BCUT2D eigenvalue weighted by atomic mass is 10.0. The SMILES string of the molecule is COc1ccccc1C(=O)N1CC(C)N(c2ccccc2)C(C)C1. The van der Waals surface area contributed by atoms with Gasteiger partial charge in [-0.15, -0.1) is 0 Å². The van der Waals surface area contributed by atoms with Crippen LogP contribution in [0.2, 0.25) is 0 Å². The van der Waals surface area contributed by atoms with Crippen molar-refractivity contribution in [2.75, 3.05) is 25.1 Å². The number of para-hydroxylation sites is 2. The van der Waals surface area contributed by atoms with E-state index in [2.05, 4.69) is 43.0 Å². The zero-order valence-corrected chi connectivity index (χ0v) is 14.5. The molecule has 1 amide bonds. The van der Waals surface area contributed by atoms with Crippen molar-refractivity contribution in [1.82, 2.24) is 4.90 Å². The van der Waals surface area contributed by atoms with E-state index < -0.39 is 0 Å². The Morgan fingerprint density at radius 2 is 1.54 bits per heavy atom. The van der Waals surface area contributed by atoms with E-state index in [1.807, 2.05) is 35.2 Å². The lowest BCUT2D eigenvalue weighted by Crippen LogP contribution is -2.58. The van der Waals surface area contributed by atoms with E-state index >= 15 is 0 Å². The molecule has 1 fully saturated rings. The minimum atomic E-state index is 0.0406. The van der Waals surface area contributed by atoms with Crippen LogP contribution < -0.4 is 9.64 Å². The van der Waals surface area contributed by atoms with Gasteiger partial charge in [-0.3, -0.25) is 4.79 Å². The summed E-state index contributed by atoms with van der Waals surface area (Å²) in [6, 6.07) is 18.3. The maximum atomic E-state index is 12.9. The standard InChI is InChI=1S/C20H24N2O2/c1-15-13-21(20(23)18-11-7-8-12-19(18)24-3)14-16(2)22(15)17-9-5-4-6-10-17/h4-12,15-16H,13-14H2,1-3H3. The van der Waals surface area contributed by atoms with Gasteiger partial charge in [0.05, 0.1) is 12.7 Å². The maximum absolute atomic E-state index is 12.9. The summed E-state index contributed by atoms with van der Waals surface area (Å²) in [5.74, 6) is 0.673. The molecular weight excluding hydrogens is 300 g/mol. The molecule has 1 aliphatic rings. The molecule has 2 aromatic carbocycles. The van der Waals surface area contributed by atoms with Gasteiger partial charge in [-0.1, -0.05) is 30.3 Å². The second-order valence-electron chi connectivity index (χ2n) is 6.35. The maximum Gasteiger partial charge on any atom is 0.257 e. The monoisotopic (exact) mass is 324 g/mol. The number of benzene rings is 2. The summed E-state index contributed by atoms with van der Waals surface area (Å²) >= 11 is 0. The molecule has 2 aromatic rings. The first-order chi connectivity index (χ1) is 11.6. The third-order valence-corrected chi connectivity index (χ3v) is 4.60. The predicted molar refractivity (Wildman–Crippen MR) is 96.7 cm³/mol. The van der Waals surface area contributed by atoms with E-state index in [9.17, 15) is 4.79 Å². The fourth-order valence-corrected chi connectivity index (χ4v) is 3.59. The molecule has 0 N–H and O–H groups in total. The summed E-state index contributed by atoms with van der Waals surface area (Å²) in [4.78, 5) is 17.3. The summed E-state index contributed by atoms with van der Waals surface area (Å²) in [5.41, 5.74) is 1.84. The molecule has 1 heterocycles. The van der Waals surface area contributed by atoms with Crippen LogP contribution in [0.15, 0.2) is 54.6 Å². The molecule has 0 saturated carbocycles. The number of hydrogen-bond acceptors (Lipinski definition) is 3. The highest BCUT2D eigenvalue weighted by Crippen LogP contribution is 2.27. The van der Waals surface area contributed by atoms with Crippen molar-refractivity contribution in [2.24, 2.45) is 0 Å². The van der Waals surface area contributed by atoms with Crippen molar-refractivity contribution < 1.29 is 9.53 Å². The van der Waals surface area contributed by atoms with Crippen LogP contribution in [-0.2, 0) is 0 Å². The van der Waals surface area contributed by atoms with Gasteiger partial charge in [0.1, 0.15) is 5.75 Å². The van der Waals surface area contributed by atoms with Crippen LogP contribution in [0.25, 0.3) is 0 Å². The van der Waals surface area contributed by atoms with Crippen molar-refractivity contribution >= 4 is 11.6 Å². The Bertz CT molecular complexity index is 690.